The molecule has 4 amide bonds. The maximum absolute atomic E-state index is 13.3. The highest BCUT2D eigenvalue weighted by molar-refractivity contribution is 7.13. The third-order valence-electron chi connectivity index (χ3n) is 8.20. The number of nitrogens with one attached hydrogen (secondary N) is 4. The van der Waals surface area contributed by atoms with Gasteiger partial charge >= 0.3 is 12.1 Å². The lowest BCUT2D eigenvalue weighted by Gasteiger charge is -2.37. The van der Waals surface area contributed by atoms with Gasteiger partial charge in [0.1, 0.15) is 22.3 Å². The Hall–Kier alpha value is -3.86. The minimum Gasteiger partial charge on any atom is -0.467 e. The summed E-state index contributed by atoms with van der Waals surface area (Å²) in [6.07, 6.45) is 2.18. The second-order valence-corrected chi connectivity index (χ2v) is 20.3. The number of aliphatic hydroxyl groups is 1. The monoisotopic (exact) mass is 749 g/mol. The first kappa shape index (κ1) is 43.3. The molecule has 2 aromatic rings. The maximum atomic E-state index is 13.3. The lowest BCUT2D eigenvalue weighted by atomic mass is 10.1. The van der Waals surface area contributed by atoms with Gasteiger partial charge in [-0.1, -0.05) is 51.5 Å². The van der Waals surface area contributed by atoms with E-state index in [0.717, 1.165) is 31.1 Å². The van der Waals surface area contributed by atoms with Gasteiger partial charge in [0.05, 0.1) is 20.3 Å². The van der Waals surface area contributed by atoms with Crippen molar-refractivity contribution in [3.63, 3.8) is 0 Å². The van der Waals surface area contributed by atoms with E-state index < -0.39 is 56.5 Å². The summed E-state index contributed by atoms with van der Waals surface area (Å²) in [4.78, 5) is 66.9. The Morgan fingerprint density at radius 1 is 0.922 bits per heavy atom. The predicted octanol–water partition coefficient (Wildman–Crippen LogP) is 4.28. The van der Waals surface area contributed by atoms with Crippen molar-refractivity contribution < 1.29 is 43.0 Å². The lowest BCUT2D eigenvalue weighted by Crippen LogP contribution is -2.56. The maximum Gasteiger partial charge on any atom is 0.407 e. The molecule has 0 unspecified atom stereocenters. The number of nitrogens with zero attached hydrogens (tertiary/aromatic N) is 1. The Morgan fingerprint density at radius 2 is 1.59 bits per heavy atom. The van der Waals surface area contributed by atoms with Crippen LogP contribution in [0.5, 0.6) is 0 Å². The Morgan fingerprint density at radius 3 is 2.18 bits per heavy atom. The van der Waals surface area contributed by atoms with E-state index in [2.05, 4.69) is 31.0 Å². The van der Waals surface area contributed by atoms with Gasteiger partial charge < -0.3 is 40.3 Å². The number of unbranched alkanes of at least 4 members (excludes halogenated alkanes) is 2. The predicted molar refractivity (Wildman–Crippen MR) is 198 cm³/mol. The molecule has 0 saturated carbocycles. The third-order valence-corrected chi connectivity index (χ3v) is 13.6. The van der Waals surface area contributed by atoms with Gasteiger partial charge in [0, 0.05) is 30.5 Å². The quantitative estimate of drug-likeness (QED) is 0.0835. The summed E-state index contributed by atoms with van der Waals surface area (Å²) in [5, 5.41) is 22.3. The summed E-state index contributed by atoms with van der Waals surface area (Å²) in [7, 11) is -1.18. The van der Waals surface area contributed by atoms with Crippen LogP contribution in [0.25, 0.3) is 10.6 Å². The molecular formula is C35H55N5O9SSi. The van der Waals surface area contributed by atoms with Crippen molar-refractivity contribution in [1.82, 2.24) is 26.3 Å². The summed E-state index contributed by atoms with van der Waals surface area (Å²) in [6, 6.07) is 4.97. The number of carbonyl (C=O) groups is 5. The normalized spacial score (nSPS) is 13.1. The van der Waals surface area contributed by atoms with Gasteiger partial charge in [0.2, 0.25) is 11.8 Å². The van der Waals surface area contributed by atoms with E-state index in [9.17, 15) is 29.1 Å². The zero-order chi connectivity index (χ0) is 38.4. The van der Waals surface area contributed by atoms with E-state index in [1.807, 2.05) is 78.9 Å². The molecule has 1 aromatic heterocycles. The van der Waals surface area contributed by atoms with Crippen LogP contribution in [0.3, 0.4) is 0 Å². The Kier molecular flexibility index (Phi) is 16.7. The SMILES string of the molecule is COC(=O)[C@H](CO)NC(=O)[C@H](CO[Si](C)(C)C(C)(C)C)NC(=O)c1csc(-c2ccc(CNC(=O)CCCCCNC(=O)OC(C)(C)C)cc2)n1. The van der Waals surface area contributed by atoms with E-state index in [1.165, 1.54) is 11.3 Å². The number of ether oxygens (including phenoxy) is 2. The Bertz CT molecular complexity index is 1470. The first-order valence-electron chi connectivity index (χ1n) is 17.0. The number of carbonyl (C=O) groups excluding carboxylic acids is 5. The number of methoxy groups -OCH3 is 1. The molecule has 16 heteroatoms. The minimum atomic E-state index is -2.32. The highest BCUT2D eigenvalue weighted by Gasteiger charge is 2.39. The van der Waals surface area contributed by atoms with Crippen LogP contribution in [0.1, 0.15) is 83.3 Å². The number of rotatable bonds is 18. The van der Waals surface area contributed by atoms with E-state index in [0.29, 0.717) is 30.9 Å². The largest absolute Gasteiger partial charge is 0.467 e. The molecule has 0 fully saturated rings. The van der Waals surface area contributed by atoms with Crippen molar-refractivity contribution in [3.05, 3.63) is 40.9 Å². The van der Waals surface area contributed by atoms with Gasteiger partial charge in [-0.25, -0.2) is 14.6 Å². The average Bonchev–Trinajstić information content (AvgIpc) is 3.55. The minimum absolute atomic E-state index is 0.0615. The number of thiazole rings is 1. The number of benzene rings is 1. The molecule has 2 atom stereocenters. The zero-order valence-corrected chi connectivity index (χ0v) is 33.1. The molecule has 1 aromatic carbocycles. The number of aliphatic hydroxyl groups excluding tert-OH is 1. The highest BCUT2D eigenvalue weighted by atomic mass is 32.1. The summed E-state index contributed by atoms with van der Waals surface area (Å²) in [5.74, 6) is -2.20. The van der Waals surface area contributed by atoms with Crippen LogP contribution in [0, 0.1) is 0 Å². The third kappa shape index (κ3) is 15.1. The highest BCUT2D eigenvalue weighted by Crippen LogP contribution is 2.36. The Labute approximate surface area is 305 Å². The molecule has 0 aliphatic heterocycles. The van der Waals surface area contributed by atoms with Crippen molar-refractivity contribution in [2.75, 3.05) is 26.9 Å². The van der Waals surface area contributed by atoms with Gasteiger partial charge in [-0.2, -0.15) is 0 Å². The Balaban J connectivity index is 1.94. The van der Waals surface area contributed by atoms with Crippen molar-refractivity contribution in [2.24, 2.45) is 0 Å². The average molecular weight is 750 g/mol. The van der Waals surface area contributed by atoms with E-state index in [4.69, 9.17) is 9.16 Å². The number of amides is 4. The van der Waals surface area contributed by atoms with Crippen molar-refractivity contribution >= 4 is 49.4 Å². The molecule has 0 spiro atoms. The summed E-state index contributed by atoms with van der Waals surface area (Å²) >= 11 is 1.26. The van der Waals surface area contributed by atoms with Crippen LogP contribution in [0.2, 0.25) is 18.1 Å². The zero-order valence-electron chi connectivity index (χ0n) is 31.3. The smallest absolute Gasteiger partial charge is 0.407 e. The number of alkyl carbamates (subject to hydrolysis) is 1. The summed E-state index contributed by atoms with van der Waals surface area (Å²) in [5.41, 5.74) is 1.23. The van der Waals surface area contributed by atoms with Crippen molar-refractivity contribution in [1.29, 1.82) is 0 Å². The van der Waals surface area contributed by atoms with Crippen molar-refractivity contribution in [3.8, 4) is 10.6 Å². The van der Waals surface area contributed by atoms with Crippen LogP contribution in [-0.2, 0) is 34.8 Å². The molecule has 14 nitrogen and oxygen atoms in total. The van der Waals surface area contributed by atoms with Gasteiger partial charge in [0.15, 0.2) is 14.4 Å². The fourth-order valence-corrected chi connectivity index (χ4v) is 6.00. The van der Waals surface area contributed by atoms with Crippen LogP contribution >= 0.6 is 11.3 Å². The molecule has 51 heavy (non-hydrogen) atoms. The number of aromatic nitrogens is 1. The molecule has 284 valence electrons. The first-order chi connectivity index (χ1) is 23.8. The molecule has 5 N–H and O–H groups in total. The second kappa shape index (κ2) is 19.7. The van der Waals surface area contributed by atoms with Crippen LogP contribution in [-0.4, -0.2) is 92.7 Å². The molecule has 1 heterocycles. The number of hydrogen-bond donors (Lipinski definition) is 5. The fourth-order valence-electron chi connectivity index (χ4n) is 4.17. The van der Waals surface area contributed by atoms with E-state index in [-0.39, 0.29) is 23.2 Å². The van der Waals surface area contributed by atoms with Crippen molar-refractivity contribution in [2.45, 2.75) is 110 Å². The van der Waals surface area contributed by atoms with Crippen LogP contribution in [0.15, 0.2) is 29.6 Å². The number of esters is 1. The standard InChI is InChI=1S/C35H55N5O9SSi/c1-34(2,3)49-33(46)36-18-12-10-11-13-28(42)37-19-23-14-16-24(17-15-23)31-40-27(22-50-31)30(44)39-26(21-48-51(8,9)35(4,5)6)29(43)38-25(20-41)32(45)47-7/h14-17,22,25-26,41H,10-13,18-21H2,1-9H3,(H,36,46)(H,37,42)(H,38,43)(H,39,44)/t25-,26-/m0/s1. The van der Waals surface area contributed by atoms with Gasteiger partial charge in [-0.05, 0) is 57.3 Å². The molecule has 0 radical (unpaired) electrons. The van der Waals surface area contributed by atoms with Gasteiger partial charge in [0.25, 0.3) is 5.91 Å². The fraction of sp³-hybridized carbons (Fsp3) is 0.600. The first-order valence-corrected chi connectivity index (χ1v) is 20.8. The van der Waals surface area contributed by atoms with E-state index in [1.54, 1.807) is 5.38 Å². The molecule has 0 aliphatic carbocycles. The second-order valence-electron chi connectivity index (χ2n) is 14.6. The van der Waals surface area contributed by atoms with Gasteiger partial charge in [-0.15, -0.1) is 11.3 Å². The molecule has 0 bridgehead atoms. The molecule has 0 saturated heterocycles. The lowest BCUT2D eigenvalue weighted by molar-refractivity contribution is -0.146. The summed E-state index contributed by atoms with van der Waals surface area (Å²) in [6.45, 7) is 15.6. The molecule has 2 rings (SSSR count). The topological polar surface area (TPSA) is 194 Å². The van der Waals surface area contributed by atoms with Gasteiger partial charge in [-0.3, -0.25) is 14.4 Å². The van der Waals surface area contributed by atoms with Crippen LogP contribution in [0.4, 0.5) is 4.79 Å². The van der Waals surface area contributed by atoms with E-state index >= 15 is 0 Å². The van der Waals surface area contributed by atoms with Crippen LogP contribution < -0.4 is 21.3 Å². The molecule has 0 aliphatic rings. The number of hydrogen-bond acceptors (Lipinski definition) is 11. The molecular weight excluding hydrogens is 695 g/mol. The summed E-state index contributed by atoms with van der Waals surface area (Å²) < 4.78 is 16.1.